The maximum atomic E-state index is 10.8. The minimum atomic E-state index is -3.90. The van der Waals surface area contributed by atoms with Gasteiger partial charge >= 0.3 is 0 Å². The van der Waals surface area contributed by atoms with Crippen LogP contribution in [0.2, 0.25) is 0 Å². The minimum Gasteiger partial charge on any atom is -0.497 e. The number of hydrazone groups is 1. The molecule has 0 aliphatic heterocycles. The molecule has 0 aliphatic rings. The maximum absolute atomic E-state index is 10.8. The van der Waals surface area contributed by atoms with E-state index in [2.05, 4.69) is 5.10 Å². The highest BCUT2D eigenvalue weighted by atomic mass is 32.2. The summed E-state index contributed by atoms with van der Waals surface area (Å²) in [6.07, 6.45) is 4.72. The van der Waals surface area contributed by atoms with Crippen molar-refractivity contribution >= 4 is 22.0 Å². The summed E-state index contributed by atoms with van der Waals surface area (Å²) >= 11 is 0. The summed E-state index contributed by atoms with van der Waals surface area (Å²) in [5.41, 5.74) is 1.83. The third-order valence-electron chi connectivity index (χ3n) is 3.84. The van der Waals surface area contributed by atoms with Gasteiger partial charge in [0.25, 0.3) is 10.1 Å². The topological polar surface area (TPSA) is 83.1 Å². The van der Waals surface area contributed by atoms with Crippen LogP contribution in [-0.2, 0) is 16.7 Å². The second kappa shape index (κ2) is 9.30. The largest absolute Gasteiger partial charge is 0.497 e. The van der Waals surface area contributed by atoms with Gasteiger partial charge in [0.15, 0.2) is 6.20 Å². The predicted octanol–water partition coefficient (Wildman–Crippen LogP) is 2.12. The van der Waals surface area contributed by atoms with E-state index >= 15 is 0 Å². The first-order valence-electron chi connectivity index (χ1n) is 8.24. The molecule has 0 fully saturated rings. The van der Waals surface area contributed by atoms with E-state index in [0.717, 1.165) is 17.1 Å². The van der Waals surface area contributed by atoms with Crippen LogP contribution in [0, 0.1) is 0 Å². The van der Waals surface area contributed by atoms with Crippen LogP contribution in [0.3, 0.4) is 0 Å². The number of rotatable bonds is 9. The van der Waals surface area contributed by atoms with Crippen molar-refractivity contribution in [2.75, 3.05) is 24.9 Å². The van der Waals surface area contributed by atoms with Crippen molar-refractivity contribution in [3.63, 3.8) is 0 Å². The normalized spacial score (nSPS) is 11.7. The zero-order chi connectivity index (χ0) is 19.0. The lowest BCUT2D eigenvalue weighted by atomic mass is 10.3. The number of hydrogen-bond acceptors (Lipinski definition) is 5. The Kier molecular flexibility index (Phi) is 7.11. The van der Waals surface area contributed by atoms with Crippen molar-refractivity contribution < 1.29 is 22.3 Å². The van der Waals surface area contributed by atoms with Gasteiger partial charge in [0, 0.05) is 25.6 Å². The summed E-state index contributed by atoms with van der Waals surface area (Å²) in [5, 5.41) is 6.22. The average molecular weight is 378 g/mol. The predicted molar refractivity (Wildman–Crippen MR) is 101 cm³/mol. The van der Waals surface area contributed by atoms with E-state index in [1.807, 2.05) is 60.3 Å². The molecule has 0 aliphatic carbocycles. The summed E-state index contributed by atoms with van der Waals surface area (Å²) in [5.74, 6) is 0.571. The monoisotopic (exact) mass is 378 g/mol. The Labute approximate surface area is 154 Å². The summed E-state index contributed by atoms with van der Waals surface area (Å²) < 4.78 is 37.5. The Morgan fingerprint density at radius 3 is 2.58 bits per heavy atom. The fraction of sp³-hybridized carbons (Fsp3) is 0.333. The van der Waals surface area contributed by atoms with Crippen molar-refractivity contribution in [2.45, 2.75) is 19.4 Å². The standard InChI is InChI=1S/C18H23N3O4S/c1-20(16-8-10-18(25-2)11-9-16)19-15-17-7-3-4-12-21(17)13-5-6-14-26(22,23)24/h3-4,7-12,15H,5-6,13-14H2,1-2H3/p+1. The van der Waals surface area contributed by atoms with Gasteiger partial charge in [0.1, 0.15) is 18.5 Å². The van der Waals surface area contributed by atoms with Gasteiger partial charge in [-0.15, -0.1) is 0 Å². The van der Waals surface area contributed by atoms with Crippen molar-refractivity contribution in [2.24, 2.45) is 5.10 Å². The third-order valence-corrected chi connectivity index (χ3v) is 4.64. The number of pyridine rings is 1. The second-order valence-electron chi connectivity index (χ2n) is 5.78. The molecule has 0 bridgehead atoms. The minimum absolute atomic E-state index is 0.218. The van der Waals surface area contributed by atoms with Crippen LogP contribution >= 0.6 is 0 Å². The number of benzene rings is 1. The summed E-state index contributed by atoms with van der Waals surface area (Å²) in [6.45, 7) is 0.643. The Morgan fingerprint density at radius 2 is 1.92 bits per heavy atom. The van der Waals surface area contributed by atoms with Gasteiger partial charge < -0.3 is 4.74 Å². The Morgan fingerprint density at radius 1 is 1.19 bits per heavy atom. The molecule has 2 rings (SSSR count). The van der Waals surface area contributed by atoms with E-state index < -0.39 is 10.1 Å². The average Bonchev–Trinajstić information content (AvgIpc) is 2.63. The van der Waals surface area contributed by atoms with Crippen LogP contribution in [0.5, 0.6) is 5.75 Å². The van der Waals surface area contributed by atoms with Crippen LogP contribution in [0.4, 0.5) is 5.69 Å². The second-order valence-corrected chi connectivity index (χ2v) is 7.35. The lowest BCUT2D eigenvalue weighted by Crippen LogP contribution is -2.38. The van der Waals surface area contributed by atoms with Crippen LogP contribution in [0.25, 0.3) is 0 Å². The molecule has 1 heterocycles. The van der Waals surface area contributed by atoms with E-state index in [9.17, 15) is 8.42 Å². The van der Waals surface area contributed by atoms with Crippen LogP contribution in [-0.4, -0.2) is 39.1 Å². The fourth-order valence-corrected chi connectivity index (χ4v) is 2.96. The molecule has 0 spiro atoms. The number of aromatic nitrogens is 1. The van der Waals surface area contributed by atoms with Crippen LogP contribution < -0.4 is 14.3 Å². The Balaban J connectivity index is 2.00. The molecule has 140 valence electrons. The molecule has 2 aromatic rings. The number of hydrogen-bond donors (Lipinski definition) is 1. The molecule has 1 aromatic heterocycles. The number of nitrogens with zero attached hydrogens (tertiary/aromatic N) is 3. The smallest absolute Gasteiger partial charge is 0.264 e. The molecule has 0 atom stereocenters. The number of ether oxygens (including phenoxy) is 1. The zero-order valence-corrected chi connectivity index (χ0v) is 15.8. The van der Waals surface area contributed by atoms with Gasteiger partial charge in [0.05, 0.1) is 18.6 Å². The van der Waals surface area contributed by atoms with Gasteiger partial charge in [-0.05, 0) is 36.8 Å². The maximum Gasteiger partial charge on any atom is 0.264 e. The van der Waals surface area contributed by atoms with E-state index in [0.29, 0.717) is 19.4 Å². The van der Waals surface area contributed by atoms with Crippen molar-refractivity contribution in [3.05, 3.63) is 54.4 Å². The summed E-state index contributed by atoms with van der Waals surface area (Å²) in [4.78, 5) is 0. The molecular formula is C18H24N3O4S+. The first-order chi connectivity index (χ1) is 12.4. The lowest BCUT2D eigenvalue weighted by molar-refractivity contribution is -0.698. The van der Waals surface area contributed by atoms with Crippen molar-refractivity contribution in [1.29, 1.82) is 0 Å². The fourth-order valence-electron chi connectivity index (χ4n) is 2.39. The van der Waals surface area contributed by atoms with Gasteiger partial charge in [0.2, 0.25) is 5.69 Å². The Hall–Kier alpha value is -2.45. The number of anilines is 1. The van der Waals surface area contributed by atoms with Crippen molar-refractivity contribution in [1.82, 2.24) is 0 Å². The van der Waals surface area contributed by atoms with Crippen molar-refractivity contribution in [3.8, 4) is 5.75 Å². The van der Waals surface area contributed by atoms with Gasteiger partial charge in [-0.1, -0.05) is 0 Å². The molecular weight excluding hydrogens is 354 g/mol. The lowest BCUT2D eigenvalue weighted by Gasteiger charge is -2.12. The summed E-state index contributed by atoms with van der Waals surface area (Å²) in [6, 6.07) is 13.4. The van der Waals surface area contributed by atoms with E-state index in [1.54, 1.807) is 18.3 Å². The van der Waals surface area contributed by atoms with E-state index in [-0.39, 0.29) is 5.75 Å². The van der Waals surface area contributed by atoms with Gasteiger partial charge in [-0.2, -0.15) is 18.1 Å². The number of unbranched alkanes of at least 4 members (excludes halogenated alkanes) is 1. The Bertz CT molecular complexity index is 836. The van der Waals surface area contributed by atoms with Crippen LogP contribution in [0.1, 0.15) is 18.5 Å². The number of methoxy groups -OCH3 is 1. The SMILES string of the molecule is COc1ccc(N(C)N=Cc2cccc[n+]2CCCCS(=O)(=O)O)cc1. The molecule has 0 saturated heterocycles. The number of aryl methyl sites for hydroxylation is 1. The molecule has 26 heavy (non-hydrogen) atoms. The molecule has 0 saturated carbocycles. The van der Waals surface area contributed by atoms with E-state index in [4.69, 9.17) is 9.29 Å². The third kappa shape index (κ3) is 6.45. The molecule has 1 N–H and O–H groups in total. The molecule has 7 nitrogen and oxygen atoms in total. The molecule has 8 heteroatoms. The first-order valence-corrected chi connectivity index (χ1v) is 9.85. The molecule has 1 aromatic carbocycles. The molecule has 0 unspecified atom stereocenters. The molecule has 0 amide bonds. The first kappa shape index (κ1) is 19.9. The van der Waals surface area contributed by atoms with Gasteiger partial charge in [-0.25, -0.2) is 0 Å². The highest BCUT2D eigenvalue weighted by Crippen LogP contribution is 2.18. The summed E-state index contributed by atoms with van der Waals surface area (Å²) in [7, 11) is -0.412. The van der Waals surface area contributed by atoms with Crippen LogP contribution in [0.15, 0.2) is 53.8 Å². The highest BCUT2D eigenvalue weighted by molar-refractivity contribution is 7.85. The quantitative estimate of drug-likeness (QED) is 0.238. The van der Waals surface area contributed by atoms with Gasteiger partial charge in [-0.3, -0.25) is 9.56 Å². The highest BCUT2D eigenvalue weighted by Gasteiger charge is 2.10. The van der Waals surface area contributed by atoms with E-state index in [1.165, 1.54) is 0 Å². The zero-order valence-electron chi connectivity index (χ0n) is 14.9. The molecule has 0 radical (unpaired) electrons.